The fraction of sp³-hybridized carbons (Fsp3) is 0.600. The molecule has 0 saturated heterocycles. The summed E-state index contributed by atoms with van der Waals surface area (Å²) in [6.45, 7) is 4.92. The van der Waals surface area contributed by atoms with E-state index in [0.29, 0.717) is 6.84 Å². The first-order valence-corrected chi connectivity index (χ1v) is 9.73. The summed E-state index contributed by atoms with van der Waals surface area (Å²) in [5.41, 5.74) is 3.62. The monoisotopic (exact) mass is 578 g/mol. The molecule has 2 atom stereocenters. The van der Waals surface area contributed by atoms with Crippen molar-refractivity contribution in [3.05, 3.63) is 32.9 Å². The van der Waals surface area contributed by atoms with Crippen molar-refractivity contribution in [1.29, 1.82) is 0 Å². The molecule has 18 heavy (non-hydrogen) atoms. The third kappa shape index (κ3) is 2.27. The van der Waals surface area contributed by atoms with Crippen molar-refractivity contribution in [2.24, 2.45) is 5.92 Å². The molecule has 2 aliphatic rings. The number of hydrogen-bond acceptors (Lipinski definition) is 0. The molecule has 0 bridgehead atoms. The van der Waals surface area contributed by atoms with Crippen LogP contribution < -0.4 is 0 Å². The van der Waals surface area contributed by atoms with E-state index in [1.54, 1.807) is 11.1 Å². The highest BCUT2D eigenvalue weighted by molar-refractivity contribution is 14.2. The van der Waals surface area contributed by atoms with Gasteiger partial charge in [-0.05, 0) is 82.4 Å². The van der Waals surface area contributed by atoms with Crippen molar-refractivity contribution in [2.45, 2.75) is 45.9 Å². The van der Waals surface area contributed by atoms with E-state index >= 15 is 0 Å². The van der Waals surface area contributed by atoms with E-state index in [4.69, 9.17) is 0 Å². The molecule has 98 valence electrons. The van der Waals surface area contributed by atoms with Crippen molar-refractivity contribution in [3.8, 4) is 0 Å². The van der Waals surface area contributed by atoms with Gasteiger partial charge in [0.2, 0.25) is 0 Å². The summed E-state index contributed by atoms with van der Waals surface area (Å²) in [5.74, 6) is 1.64. The SMILES string of the molecule is CC1(C)c2cc(I)ccc2C2CCC(I)(I)CC21. The second-order valence-electron chi connectivity index (χ2n) is 6.26. The van der Waals surface area contributed by atoms with Crippen LogP contribution in [0.4, 0.5) is 0 Å². The molecule has 0 heterocycles. The molecular weight excluding hydrogens is 561 g/mol. The fourth-order valence-electron chi connectivity index (χ4n) is 3.87. The summed E-state index contributed by atoms with van der Waals surface area (Å²) < 4.78 is 1.86. The van der Waals surface area contributed by atoms with E-state index < -0.39 is 0 Å². The normalized spacial score (nSPS) is 31.8. The first kappa shape index (κ1) is 14.4. The Hall–Kier alpha value is 1.41. The van der Waals surface area contributed by atoms with Gasteiger partial charge < -0.3 is 0 Å². The minimum Gasteiger partial charge on any atom is -0.0672 e. The molecule has 2 aliphatic carbocycles. The second kappa shape index (κ2) is 4.71. The zero-order valence-corrected chi connectivity index (χ0v) is 17.1. The van der Waals surface area contributed by atoms with Gasteiger partial charge in [-0.3, -0.25) is 0 Å². The van der Waals surface area contributed by atoms with E-state index in [-0.39, 0.29) is 0 Å². The molecule has 3 rings (SSSR count). The van der Waals surface area contributed by atoms with Crippen molar-refractivity contribution < 1.29 is 0 Å². The highest BCUT2D eigenvalue weighted by Gasteiger charge is 2.51. The molecular formula is C15H17I3. The van der Waals surface area contributed by atoms with Crippen LogP contribution in [0.3, 0.4) is 0 Å². The van der Waals surface area contributed by atoms with Crippen LogP contribution in [0.25, 0.3) is 0 Å². The highest BCUT2D eigenvalue weighted by atomic mass is 127. The Kier molecular flexibility index (Phi) is 3.76. The Labute approximate surface area is 150 Å². The van der Waals surface area contributed by atoms with E-state index in [1.165, 1.54) is 22.8 Å². The van der Waals surface area contributed by atoms with E-state index in [1.807, 2.05) is 0 Å². The van der Waals surface area contributed by atoms with Crippen LogP contribution in [-0.2, 0) is 5.41 Å². The smallest absolute Gasteiger partial charge is 0.0672 e. The second-order valence-corrected chi connectivity index (χ2v) is 13.7. The number of rotatable bonds is 0. The summed E-state index contributed by atoms with van der Waals surface area (Å²) >= 11 is 7.80. The number of alkyl halides is 2. The van der Waals surface area contributed by atoms with Gasteiger partial charge in [-0.15, -0.1) is 0 Å². The lowest BCUT2D eigenvalue weighted by molar-refractivity contribution is 0.237. The summed E-state index contributed by atoms with van der Waals surface area (Å²) in [7, 11) is 0. The maximum absolute atomic E-state index is 2.68. The van der Waals surface area contributed by atoms with Crippen LogP contribution in [0.15, 0.2) is 18.2 Å². The summed E-state index contributed by atoms with van der Waals surface area (Å²) in [5, 5.41) is 0. The Morgan fingerprint density at radius 3 is 2.67 bits per heavy atom. The average Bonchev–Trinajstić information content (AvgIpc) is 2.47. The predicted octanol–water partition coefficient (Wildman–Crippen LogP) is 6.03. The van der Waals surface area contributed by atoms with Gasteiger partial charge in [0.05, 0.1) is 1.43 Å². The number of benzene rings is 1. The largest absolute Gasteiger partial charge is 0.0738 e. The number of halogens is 3. The van der Waals surface area contributed by atoms with Crippen molar-refractivity contribution in [1.82, 2.24) is 0 Å². The maximum Gasteiger partial charge on any atom is 0.0738 e. The van der Waals surface area contributed by atoms with Gasteiger partial charge in [-0.1, -0.05) is 65.1 Å². The Bertz CT molecular complexity index is 491. The minimum absolute atomic E-state index is 0.350. The average molecular weight is 578 g/mol. The fourth-order valence-corrected chi connectivity index (χ4v) is 5.94. The molecule has 1 aromatic rings. The lowest BCUT2D eigenvalue weighted by atomic mass is 9.70. The lowest BCUT2D eigenvalue weighted by Crippen LogP contribution is -2.35. The van der Waals surface area contributed by atoms with E-state index in [2.05, 4.69) is 99.8 Å². The lowest BCUT2D eigenvalue weighted by Gasteiger charge is -2.40. The highest BCUT2D eigenvalue weighted by Crippen LogP contribution is 2.61. The van der Waals surface area contributed by atoms with Crippen LogP contribution in [0, 0.1) is 9.49 Å². The minimum atomic E-state index is 0.350. The van der Waals surface area contributed by atoms with Crippen LogP contribution >= 0.6 is 67.8 Å². The summed E-state index contributed by atoms with van der Waals surface area (Å²) in [6, 6.07) is 7.11. The molecule has 0 aliphatic heterocycles. The topological polar surface area (TPSA) is 0 Å². The summed E-state index contributed by atoms with van der Waals surface area (Å²) in [6.07, 6.45) is 4.08. The van der Waals surface area contributed by atoms with Crippen molar-refractivity contribution >= 4 is 67.8 Å². The summed E-state index contributed by atoms with van der Waals surface area (Å²) in [4.78, 5) is 0. The molecule has 0 amide bonds. The quantitative estimate of drug-likeness (QED) is 0.261. The molecule has 0 nitrogen and oxygen atoms in total. The van der Waals surface area contributed by atoms with Crippen LogP contribution in [0.2, 0.25) is 0 Å². The molecule has 0 aromatic heterocycles. The number of hydrogen-bond donors (Lipinski definition) is 0. The maximum atomic E-state index is 2.68. The Morgan fingerprint density at radius 2 is 1.94 bits per heavy atom. The molecule has 0 spiro atoms. The molecule has 0 N–H and O–H groups in total. The van der Waals surface area contributed by atoms with Crippen molar-refractivity contribution in [3.63, 3.8) is 0 Å². The Balaban J connectivity index is 2.09. The standard InChI is InChI=1S/C15H17I3/c1-14(2)12-7-9(16)3-4-10(12)11-5-6-15(17,18)8-13(11)14/h3-4,7,11,13H,5-6,8H2,1-2H3. The zero-order chi connectivity index (χ0) is 13.1. The number of fused-ring (bicyclic) bond motifs is 3. The van der Waals surface area contributed by atoms with Crippen LogP contribution in [0.5, 0.6) is 0 Å². The van der Waals surface area contributed by atoms with Crippen LogP contribution in [-0.4, -0.2) is 1.43 Å². The van der Waals surface area contributed by atoms with Gasteiger partial charge in [0.15, 0.2) is 0 Å². The van der Waals surface area contributed by atoms with E-state index in [9.17, 15) is 0 Å². The molecule has 2 unspecified atom stereocenters. The first-order valence-electron chi connectivity index (χ1n) is 6.49. The third-order valence-corrected chi connectivity index (χ3v) is 7.49. The zero-order valence-electron chi connectivity index (χ0n) is 10.6. The van der Waals surface area contributed by atoms with Crippen LogP contribution in [0.1, 0.15) is 50.2 Å². The van der Waals surface area contributed by atoms with Crippen molar-refractivity contribution in [2.75, 3.05) is 0 Å². The van der Waals surface area contributed by atoms with Gasteiger partial charge in [0, 0.05) is 3.57 Å². The first-order chi connectivity index (χ1) is 8.31. The van der Waals surface area contributed by atoms with Gasteiger partial charge in [-0.25, -0.2) is 0 Å². The van der Waals surface area contributed by atoms with E-state index in [0.717, 1.165) is 11.8 Å². The third-order valence-electron chi connectivity index (χ3n) is 4.86. The predicted molar refractivity (Wildman–Crippen MR) is 103 cm³/mol. The van der Waals surface area contributed by atoms with Gasteiger partial charge in [-0.2, -0.15) is 0 Å². The molecule has 0 radical (unpaired) electrons. The van der Waals surface area contributed by atoms with Gasteiger partial charge >= 0.3 is 0 Å². The molecule has 3 heteroatoms. The molecule has 1 aromatic carbocycles. The Morgan fingerprint density at radius 1 is 1.22 bits per heavy atom. The van der Waals surface area contributed by atoms with Gasteiger partial charge in [0.1, 0.15) is 0 Å². The molecule has 1 fully saturated rings. The molecule has 1 saturated carbocycles. The van der Waals surface area contributed by atoms with Gasteiger partial charge in [0.25, 0.3) is 0 Å².